The standard InChI is InChI=1S/C11H17NO3/c1-15-11(14)12-5-4-8-6-10(13)3-2-9(8)7-12/h8-9H,2-7H2,1H3. The highest BCUT2D eigenvalue weighted by atomic mass is 16.5. The van der Waals surface area contributed by atoms with Gasteiger partial charge in [0.05, 0.1) is 7.11 Å². The van der Waals surface area contributed by atoms with E-state index in [1.807, 2.05) is 0 Å². The molecule has 2 fully saturated rings. The summed E-state index contributed by atoms with van der Waals surface area (Å²) in [5.41, 5.74) is 0. The van der Waals surface area contributed by atoms with Crippen LogP contribution < -0.4 is 0 Å². The number of carbonyl (C=O) groups excluding carboxylic acids is 2. The number of amides is 1. The molecule has 1 saturated carbocycles. The summed E-state index contributed by atoms with van der Waals surface area (Å²) in [7, 11) is 1.42. The van der Waals surface area contributed by atoms with Gasteiger partial charge in [-0.1, -0.05) is 0 Å². The lowest BCUT2D eigenvalue weighted by Crippen LogP contribution is -2.45. The van der Waals surface area contributed by atoms with Gasteiger partial charge < -0.3 is 9.64 Å². The summed E-state index contributed by atoms with van der Waals surface area (Å²) in [6.07, 6.45) is 3.07. The molecule has 0 aromatic rings. The summed E-state index contributed by atoms with van der Waals surface area (Å²) < 4.78 is 4.71. The second-order valence-electron chi connectivity index (χ2n) is 4.51. The Labute approximate surface area is 89.6 Å². The summed E-state index contributed by atoms with van der Waals surface area (Å²) in [6, 6.07) is 0. The summed E-state index contributed by atoms with van der Waals surface area (Å²) in [6.45, 7) is 1.51. The average molecular weight is 211 g/mol. The molecule has 2 unspecified atom stereocenters. The smallest absolute Gasteiger partial charge is 0.409 e. The summed E-state index contributed by atoms with van der Waals surface area (Å²) >= 11 is 0. The fraction of sp³-hybridized carbons (Fsp3) is 0.818. The minimum absolute atomic E-state index is 0.231. The Balaban J connectivity index is 1.95. The van der Waals surface area contributed by atoms with Crippen molar-refractivity contribution < 1.29 is 14.3 Å². The second kappa shape index (κ2) is 4.21. The van der Waals surface area contributed by atoms with Crippen LogP contribution in [0.3, 0.4) is 0 Å². The SMILES string of the molecule is COC(=O)N1CCC2CC(=O)CCC2C1. The fourth-order valence-electron chi connectivity index (χ4n) is 2.71. The van der Waals surface area contributed by atoms with Crippen LogP contribution in [0.4, 0.5) is 4.79 Å². The van der Waals surface area contributed by atoms with Gasteiger partial charge in [0.15, 0.2) is 0 Å². The molecule has 4 nitrogen and oxygen atoms in total. The maximum Gasteiger partial charge on any atom is 0.409 e. The van der Waals surface area contributed by atoms with Gasteiger partial charge in [0.2, 0.25) is 0 Å². The zero-order valence-corrected chi connectivity index (χ0v) is 9.07. The van der Waals surface area contributed by atoms with Gasteiger partial charge in [-0.05, 0) is 24.7 Å². The van der Waals surface area contributed by atoms with Crippen LogP contribution in [0, 0.1) is 11.8 Å². The number of carbonyl (C=O) groups is 2. The number of fused-ring (bicyclic) bond motifs is 1. The largest absolute Gasteiger partial charge is 0.453 e. The maximum absolute atomic E-state index is 11.3. The number of ketones is 1. The molecule has 15 heavy (non-hydrogen) atoms. The van der Waals surface area contributed by atoms with Gasteiger partial charge >= 0.3 is 6.09 Å². The normalized spacial score (nSPS) is 31.0. The van der Waals surface area contributed by atoms with Crippen molar-refractivity contribution in [2.75, 3.05) is 20.2 Å². The molecule has 1 amide bonds. The van der Waals surface area contributed by atoms with Crippen LogP contribution in [-0.2, 0) is 9.53 Å². The molecule has 1 heterocycles. The Hall–Kier alpha value is -1.06. The Morgan fingerprint density at radius 1 is 1.40 bits per heavy atom. The molecule has 2 aliphatic rings. The first-order valence-corrected chi connectivity index (χ1v) is 5.55. The van der Waals surface area contributed by atoms with Crippen molar-refractivity contribution in [3.8, 4) is 0 Å². The Morgan fingerprint density at radius 3 is 2.93 bits per heavy atom. The lowest BCUT2D eigenvalue weighted by atomic mass is 9.75. The molecule has 2 rings (SSSR count). The first kappa shape index (κ1) is 10.5. The van der Waals surface area contributed by atoms with E-state index < -0.39 is 0 Å². The number of piperidine rings is 1. The average Bonchev–Trinajstić information content (AvgIpc) is 2.27. The molecule has 1 aliphatic heterocycles. The third-order valence-electron chi connectivity index (χ3n) is 3.61. The molecule has 0 bridgehead atoms. The summed E-state index contributed by atoms with van der Waals surface area (Å²) in [5.74, 6) is 1.41. The molecule has 84 valence electrons. The zero-order chi connectivity index (χ0) is 10.8. The van der Waals surface area contributed by atoms with Crippen LogP contribution in [0.15, 0.2) is 0 Å². The minimum atomic E-state index is -0.231. The van der Waals surface area contributed by atoms with E-state index in [0.29, 0.717) is 24.0 Å². The molecule has 0 aromatic carbocycles. The van der Waals surface area contributed by atoms with E-state index in [4.69, 9.17) is 4.74 Å². The topological polar surface area (TPSA) is 46.6 Å². The van der Waals surface area contributed by atoms with E-state index in [-0.39, 0.29) is 6.09 Å². The van der Waals surface area contributed by atoms with Crippen LogP contribution in [-0.4, -0.2) is 37.0 Å². The highest BCUT2D eigenvalue weighted by molar-refractivity contribution is 5.79. The first-order chi connectivity index (χ1) is 7.20. The zero-order valence-electron chi connectivity index (χ0n) is 9.07. The lowest BCUT2D eigenvalue weighted by Gasteiger charge is -2.39. The van der Waals surface area contributed by atoms with Crippen molar-refractivity contribution in [2.24, 2.45) is 11.8 Å². The molecule has 0 aromatic heterocycles. The molecular formula is C11H17NO3. The van der Waals surface area contributed by atoms with Crippen molar-refractivity contribution >= 4 is 11.9 Å². The van der Waals surface area contributed by atoms with E-state index in [1.165, 1.54) is 7.11 Å². The third kappa shape index (κ3) is 2.13. The van der Waals surface area contributed by atoms with Gasteiger partial charge in [0, 0.05) is 25.9 Å². The number of methoxy groups -OCH3 is 1. The molecular weight excluding hydrogens is 194 g/mol. The Kier molecular flexibility index (Phi) is 2.93. The van der Waals surface area contributed by atoms with Crippen molar-refractivity contribution in [3.63, 3.8) is 0 Å². The van der Waals surface area contributed by atoms with Crippen LogP contribution >= 0.6 is 0 Å². The molecule has 0 spiro atoms. The van der Waals surface area contributed by atoms with Crippen molar-refractivity contribution in [2.45, 2.75) is 25.7 Å². The van der Waals surface area contributed by atoms with Crippen LogP contribution in [0.5, 0.6) is 0 Å². The highest BCUT2D eigenvalue weighted by Crippen LogP contribution is 2.34. The minimum Gasteiger partial charge on any atom is -0.453 e. The Bertz CT molecular complexity index is 277. The van der Waals surface area contributed by atoms with Gasteiger partial charge in [0.25, 0.3) is 0 Å². The van der Waals surface area contributed by atoms with E-state index >= 15 is 0 Å². The number of likely N-dealkylation sites (tertiary alicyclic amines) is 1. The predicted octanol–water partition coefficient (Wildman–Crippen LogP) is 1.44. The highest BCUT2D eigenvalue weighted by Gasteiger charge is 2.35. The molecule has 2 atom stereocenters. The van der Waals surface area contributed by atoms with E-state index in [1.54, 1.807) is 4.90 Å². The number of nitrogens with zero attached hydrogens (tertiary/aromatic N) is 1. The first-order valence-electron chi connectivity index (χ1n) is 5.55. The second-order valence-corrected chi connectivity index (χ2v) is 4.51. The van der Waals surface area contributed by atoms with Gasteiger partial charge in [-0.25, -0.2) is 4.79 Å². The van der Waals surface area contributed by atoms with Crippen LogP contribution in [0.1, 0.15) is 25.7 Å². The van der Waals surface area contributed by atoms with E-state index in [9.17, 15) is 9.59 Å². The lowest BCUT2D eigenvalue weighted by molar-refractivity contribution is -0.123. The molecule has 1 aliphatic carbocycles. The number of hydrogen-bond donors (Lipinski definition) is 0. The molecule has 0 radical (unpaired) electrons. The molecule has 4 heteroatoms. The number of rotatable bonds is 0. The van der Waals surface area contributed by atoms with E-state index in [2.05, 4.69) is 0 Å². The van der Waals surface area contributed by atoms with Crippen molar-refractivity contribution in [1.82, 2.24) is 4.90 Å². The van der Waals surface area contributed by atoms with Gasteiger partial charge in [0.1, 0.15) is 5.78 Å². The Morgan fingerprint density at radius 2 is 2.20 bits per heavy atom. The number of hydrogen-bond acceptors (Lipinski definition) is 3. The maximum atomic E-state index is 11.3. The fourth-order valence-corrected chi connectivity index (χ4v) is 2.71. The monoisotopic (exact) mass is 211 g/mol. The van der Waals surface area contributed by atoms with Gasteiger partial charge in [-0.15, -0.1) is 0 Å². The quantitative estimate of drug-likeness (QED) is 0.609. The summed E-state index contributed by atoms with van der Waals surface area (Å²) in [4.78, 5) is 24.4. The third-order valence-corrected chi connectivity index (χ3v) is 3.61. The predicted molar refractivity (Wildman–Crippen MR) is 54.4 cm³/mol. The van der Waals surface area contributed by atoms with Crippen molar-refractivity contribution in [1.29, 1.82) is 0 Å². The van der Waals surface area contributed by atoms with Gasteiger partial charge in [-0.3, -0.25) is 4.79 Å². The van der Waals surface area contributed by atoms with E-state index in [0.717, 1.165) is 32.4 Å². The van der Waals surface area contributed by atoms with Crippen molar-refractivity contribution in [3.05, 3.63) is 0 Å². The number of ether oxygens (including phenoxy) is 1. The number of Topliss-reactive ketones (excluding diaryl/α,β-unsaturated/α-hetero) is 1. The van der Waals surface area contributed by atoms with Gasteiger partial charge in [-0.2, -0.15) is 0 Å². The van der Waals surface area contributed by atoms with Crippen LogP contribution in [0.25, 0.3) is 0 Å². The molecule has 1 saturated heterocycles. The molecule has 0 N–H and O–H groups in total. The summed E-state index contributed by atoms with van der Waals surface area (Å²) in [5, 5.41) is 0. The van der Waals surface area contributed by atoms with Crippen LogP contribution in [0.2, 0.25) is 0 Å².